The van der Waals surface area contributed by atoms with E-state index in [-0.39, 0.29) is 11.1 Å². The summed E-state index contributed by atoms with van der Waals surface area (Å²) in [6.07, 6.45) is -6.64. The van der Waals surface area contributed by atoms with Crippen LogP contribution < -0.4 is 0 Å². The highest BCUT2D eigenvalue weighted by molar-refractivity contribution is 5.70. The molecular formula is C23H22F6O2. The van der Waals surface area contributed by atoms with Gasteiger partial charge in [-0.2, -0.15) is 26.3 Å². The van der Waals surface area contributed by atoms with E-state index < -0.39 is 40.4 Å². The summed E-state index contributed by atoms with van der Waals surface area (Å²) in [4.78, 5) is 0. The number of aryl methyl sites for hydroxylation is 2. The molecular weight excluding hydrogens is 422 g/mol. The number of halogens is 6. The van der Waals surface area contributed by atoms with Crippen molar-refractivity contribution in [1.29, 1.82) is 0 Å². The second kappa shape index (κ2) is 8.32. The summed E-state index contributed by atoms with van der Waals surface area (Å²) in [5.74, 6) is -2.30. The van der Waals surface area contributed by atoms with Crippen molar-refractivity contribution in [2.75, 3.05) is 0 Å². The largest absolute Gasteiger partial charge is 0.507 e. The normalized spacial score (nSPS) is 13.5. The molecule has 0 spiro atoms. The molecule has 2 aromatic rings. The second-order valence-corrected chi connectivity index (χ2v) is 7.13. The first-order valence-electron chi connectivity index (χ1n) is 9.30. The fraction of sp³-hybridized carbons (Fsp3) is 0.304. The Morgan fingerprint density at radius 1 is 0.645 bits per heavy atom. The van der Waals surface area contributed by atoms with Crippen molar-refractivity contribution in [3.8, 4) is 11.5 Å². The van der Waals surface area contributed by atoms with Crippen LogP contribution in [0.25, 0.3) is 12.2 Å². The second-order valence-electron chi connectivity index (χ2n) is 7.13. The lowest BCUT2D eigenvalue weighted by Gasteiger charge is -2.39. The summed E-state index contributed by atoms with van der Waals surface area (Å²) in [5.41, 5.74) is -7.23. The molecule has 2 rings (SSSR count). The zero-order chi connectivity index (χ0) is 23.8. The molecule has 0 saturated carbocycles. The highest BCUT2D eigenvalue weighted by Gasteiger charge is 2.74. The molecule has 0 bridgehead atoms. The molecule has 8 heteroatoms. The van der Waals surface area contributed by atoms with Gasteiger partial charge < -0.3 is 10.2 Å². The Kier molecular flexibility index (Phi) is 6.54. The fourth-order valence-electron chi connectivity index (χ4n) is 3.69. The number of aromatic hydroxyl groups is 2. The van der Waals surface area contributed by atoms with E-state index in [0.717, 1.165) is 12.1 Å². The number of benzene rings is 2. The van der Waals surface area contributed by atoms with Gasteiger partial charge in [-0.05, 0) is 38.8 Å². The van der Waals surface area contributed by atoms with Crippen LogP contribution in [0.15, 0.2) is 36.4 Å². The predicted octanol–water partition coefficient (Wildman–Crippen LogP) is 7.19. The number of rotatable bonds is 4. The van der Waals surface area contributed by atoms with E-state index in [9.17, 15) is 36.6 Å². The maximum Gasteiger partial charge on any atom is 0.411 e. The Morgan fingerprint density at radius 2 is 0.968 bits per heavy atom. The smallest absolute Gasteiger partial charge is 0.411 e. The van der Waals surface area contributed by atoms with Crippen LogP contribution in [0.3, 0.4) is 0 Å². The van der Waals surface area contributed by atoms with Gasteiger partial charge >= 0.3 is 12.4 Å². The Bertz CT molecular complexity index is 946. The minimum atomic E-state index is -5.94. The third-order valence-electron chi connectivity index (χ3n) is 5.20. The lowest BCUT2D eigenvalue weighted by atomic mass is 9.70. The number of hydrogen-bond donors (Lipinski definition) is 2. The van der Waals surface area contributed by atoms with Crippen molar-refractivity contribution >= 4 is 12.2 Å². The number of hydrogen-bond acceptors (Lipinski definition) is 2. The Hall–Kier alpha value is -2.90. The number of alkyl halides is 6. The molecule has 31 heavy (non-hydrogen) atoms. The fourth-order valence-corrected chi connectivity index (χ4v) is 3.69. The number of phenols is 2. The van der Waals surface area contributed by atoms with E-state index in [1.165, 1.54) is 52.0 Å². The predicted molar refractivity (Wildman–Crippen MR) is 108 cm³/mol. The standard InChI is InChI=1S/C23H22F6O2/c1-5-7-15-13(3)9-11-17(19(15)30)21(22(24,25)26,23(27,28)29)18-12-10-14(4)16(8-6-2)20(18)31/h5-12,30-31H,1-4H3. The van der Waals surface area contributed by atoms with Gasteiger partial charge in [-0.15, -0.1) is 0 Å². The van der Waals surface area contributed by atoms with Gasteiger partial charge in [-0.3, -0.25) is 0 Å². The molecule has 0 aliphatic heterocycles. The van der Waals surface area contributed by atoms with Crippen molar-refractivity contribution in [3.63, 3.8) is 0 Å². The molecule has 2 N–H and O–H groups in total. The highest BCUT2D eigenvalue weighted by Crippen LogP contribution is 2.60. The van der Waals surface area contributed by atoms with Gasteiger partial charge in [0.2, 0.25) is 5.41 Å². The molecule has 0 unspecified atom stereocenters. The Balaban J connectivity index is 3.18. The van der Waals surface area contributed by atoms with Crippen LogP contribution >= 0.6 is 0 Å². The molecule has 0 radical (unpaired) electrons. The highest BCUT2D eigenvalue weighted by atomic mass is 19.4. The summed E-state index contributed by atoms with van der Waals surface area (Å²) < 4.78 is 86.8. The molecule has 0 atom stereocenters. The van der Waals surface area contributed by atoms with Crippen LogP contribution in [0.4, 0.5) is 26.3 Å². The van der Waals surface area contributed by atoms with Crippen LogP contribution in [0.5, 0.6) is 11.5 Å². The molecule has 0 amide bonds. The van der Waals surface area contributed by atoms with Crippen LogP contribution in [-0.4, -0.2) is 22.6 Å². The van der Waals surface area contributed by atoms with E-state index in [0.29, 0.717) is 23.3 Å². The average Bonchev–Trinajstić information content (AvgIpc) is 2.63. The van der Waals surface area contributed by atoms with E-state index in [1.54, 1.807) is 0 Å². The van der Waals surface area contributed by atoms with Crippen molar-refractivity contribution in [1.82, 2.24) is 0 Å². The molecule has 0 aliphatic carbocycles. The van der Waals surface area contributed by atoms with Crippen LogP contribution in [-0.2, 0) is 5.41 Å². The molecule has 2 aromatic carbocycles. The monoisotopic (exact) mass is 444 g/mol. The lowest BCUT2D eigenvalue weighted by Crippen LogP contribution is -2.55. The van der Waals surface area contributed by atoms with Gasteiger partial charge in [0, 0.05) is 22.3 Å². The first-order valence-corrected chi connectivity index (χ1v) is 9.30. The molecule has 168 valence electrons. The van der Waals surface area contributed by atoms with Gasteiger partial charge in [-0.1, -0.05) is 48.6 Å². The molecule has 0 aromatic heterocycles. The van der Waals surface area contributed by atoms with Gasteiger partial charge in [-0.25, -0.2) is 0 Å². The molecule has 0 fully saturated rings. The van der Waals surface area contributed by atoms with E-state index in [2.05, 4.69) is 0 Å². The Labute approximate surface area is 176 Å². The maximum atomic E-state index is 14.5. The van der Waals surface area contributed by atoms with Crippen LogP contribution in [0.2, 0.25) is 0 Å². The summed E-state index contributed by atoms with van der Waals surface area (Å²) in [6.45, 7) is 5.94. The summed E-state index contributed by atoms with van der Waals surface area (Å²) >= 11 is 0. The van der Waals surface area contributed by atoms with E-state index in [4.69, 9.17) is 0 Å². The van der Waals surface area contributed by atoms with Gasteiger partial charge in [0.1, 0.15) is 11.5 Å². The summed E-state index contributed by atoms with van der Waals surface area (Å²) in [6, 6.07) is 3.37. The zero-order valence-corrected chi connectivity index (χ0v) is 17.3. The molecule has 0 aliphatic rings. The summed E-state index contributed by atoms with van der Waals surface area (Å²) in [5, 5.41) is 21.2. The minimum absolute atomic E-state index is 0.168. The van der Waals surface area contributed by atoms with Crippen molar-refractivity contribution in [2.24, 2.45) is 0 Å². The maximum absolute atomic E-state index is 14.5. The average molecular weight is 444 g/mol. The van der Waals surface area contributed by atoms with E-state index in [1.807, 2.05) is 0 Å². The van der Waals surface area contributed by atoms with E-state index >= 15 is 0 Å². The third kappa shape index (κ3) is 3.79. The van der Waals surface area contributed by atoms with Crippen LogP contribution in [0.1, 0.15) is 47.2 Å². The van der Waals surface area contributed by atoms with Gasteiger partial charge in [0.15, 0.2) is 0 Å². The molecule has 0 saturated heterocycles. The SMILES string of the molecule is CC=Cc1c(C)ccc(C(c2ccc(C)c(C=CC)c2O)(C(F)(F)F)C(F)(F)F)c1O. The van der Waals surface area contributed by atoms with Crippen molar-refractivity contribution < 1.29 is 36.6 Å². The summed E-state index contributed by atoms with van der Waals surface area (Å²) in [7, 11) is 0. The number of allylic oxidation sites excluding steroid dienone is 2. The third-order valence-corrected chi connectivity index (χ3v) is 5.20. The zero-order valence-electron chi connectivity index (χ0n) is 17.3. The van der Waals surface area contributed by atoms with Crippen LogP contribution in [0, 0.1) is 13.8 Å². The van der Waals surface area contributed by atoms with Gasteiger partial charge in [0.25, 0.3) is 0 Å². The lowest BCUT2D eigenvalue weighted by molar-refractivity contribution is -0.289. The first kappa shape index (κ1) is 24.4. The Morgan fingerprint density at radius 3 is 1.23 bits per heavy atom. The first-order chi connectivity index (χ1) is 14.3. The topological polar surface area (TPSA) is 40.5 Å². The van der Waals surface area contributed by atoms with Gasteiger partial charge in [0.05, 0.1) is 0 Å². The molecule has 0 heterocycles. The van der Waals surface area contributed by atoms with Crippen molar-refractivity contribution in [2.45, 2.75) is 45.5 Å². The van der Waals surface area contributed by atoms with Crippen molar-refractivity contribution in [3.05, 3.63) is 69.8 Å². The number of phenolic OH excluding ortho intramolecular Hbond substituents is 2. The minimum Gasteiger partial charge on any atom is -0.507 e. The molecule has 2 nitrogen and oxygen atoms in total. The quantitative estimate of drug-likeness (QED) is 0.490.